The summed E-state index contributed by atoms with van der Waals surface area (Å²) in [5, 5.41) is 2.68. The van der Waals surface area contributed by atoms with Gasteiger partial charge in [-0.15, -0.1) is 0 Å². The van der Waals surface area contributed by atoms with Crippen LogP contribution >= 0.6 is 11.3 Å². The molecule has 0 saturated carbocycles. The van der Waals surface area contributed by atoms with Crippen molar-refractivity contribution in [3.63, 3.8) is 0 Å². The number of imide groups is 1. The van der Waals surface area contributed by atoms with Gasteiger partial charge in [-0.2, -0.15) is 0 Å². The molecule has 0 atom stereocenters. The summed E-state index contributed by atoms with van der Waals surface area (Å²) in [5.41, 5.74) is 1.68. The molecule has 130 valence electrons. The molecule has 7 nitrogen and oxygen atoms in total. The third-order valence-electron chi connectivity index (χ3n) is 4.25. The van der Waals surface area contributed by atoms with Gasteiger partial charge in [0.25, 0.3) is 11.8 Å². The number of aromatic nitrogens is 1. The Labute approximate surface area is 151 Å². The second-order valence-electron chi connectivity index (χ2n) is 5.90. The maximum Gasteiger partial charge on any atom is 0.308 e. The number of nitrogens with zero attached hydrogens (tertiary/aromatic N) is 2. The lowest BCUT2D eigenvalue weighted by atomic mass is 10.1. The Balaban J connectivity index is 1.58. The van der Waals surface area contributed by atoms with Crippen molar-refractivity contribution in [2.45, 2.75) is 6.54 Å². The van der Waals surface area contributed by atoms with Crippen molar-refractivity contribution in [3.8, 4) is 0 Å². The number of carbonyl (C=O) groups is 3. The summed E-state index contributed by atoms with van der Waals surface area (Å²) < 4.78 is 2.22. The van der Waals surface area contributed by atoms with Gasteiger partial charge < -0.3 is 5.32 Å². The molecule has 26 heavy (non-hydrogen) atoms. The fraction of sp³-hybridized carbons (Fsp3) is 0.111. The molecule has 2 heterocycles. The second-order valence-corrected chi connectivity index (χ2v) is 6.89. The van der Waals surface area contributed by atoms with E-state index < -0.39 is 5.91 Å². The van der Waals surface area contributed by atoms with Crippen molar-refractivity contribution in [1.29, 1.82) is 0 Å². The summed E-state index contributed by atoms with van der Waals surface area (Å²) in [6.07, 6.45) is 0. The number of hydrogen-bond acceptors (Lipinski definition) is 5. The molecule has 3 aromatic rings. The van der Waals surface area contributed by atoms with E-state index in [0.29, 0.717) is 16.8 Å². The highest BCUT2D eigenvalue weighted by Gasteiger charge is 2.32. The van der Waals surface area contributed by atoms with Gasteiger partial charge in [-0.25, -0.2) is 0 Å². The molecule has 8 heteroatoms. The SMILES string of the molecule is CN1C(=O)c2ccc(NC(=O)Cn3c(=O)sc4ccccc43)cc2C1=O. The molecular formula is C18H13N3O4S. The van der Waals surface area contributed by atoms with Crippen LogP contribution in [-0.4, -0.2) is 34.2 Å². The number of fused-ring (bicyclic) bond motifs is 2. The molecule has 1 aromatic heterocycles. The lowest BCUT2D eigenvalue weighted by Crippen LogP contribution is -2.24. The minimum atomic E-state index is -0.402. The van der Waals surface area contributed by atoms with Crippen molar-refractivity contribution < 1.29 is 14.4 Å². The van der Waals surface area contributed by atoms with Crippen LogP contribution < -0.4 is 10.2 Å². The number of thiazole rings is 1. The summed E-state index contributed by atoms with van der Waals surface area (Å²) in [7, 11) is 1.41. The first-order valence-electron chi connectivity index (χ1n) is 7.80. The number of nitrogens with one attached hydrogen (secondary N) is 1. The van der Waals surface area contributed by atoms with Crippen molar-refractivity contribution in [2.75, 3.05) is 12.4 Å². The Hall–Kier alpha value is -3.26. The highest BCUT2D eigenvalue weighted by molar-refractivity contribution is 7.16. The van der Waals surface area contributed by atoms with Crippen molar-refractivity contribution in [3.05, 3.63) is 63.3 Å². The van der Waals surface area contributed by atoms with E-state index in [9.17, 15) is 19.2 Å². The molecule has 0 fully saturated rings. The first-order chi connectivity index (χ1) is 12.5. The van der Waals surface area contributed by atoms with Crippen molar-refractivity contribution >= 4 is 45.0 Å². The van der Waals surface area contributed by atoms with Gasteiger partial charge in [-0.05, 0) is 30.3 Å². The number of para-hydroxylation sites is 1. The van der Waals surface area contributed by atoms with E-state index >= 15 is 0 Å². The van der Waals surface area contributed by atoms with Gasteiger partial charge in [-0.1, -0.05) is 23.5 Å². The average molecular weight is 367 g/mol. The smallest absolute Gasteiger partial charge is 0.308 e. The van der Waals surface area contributed by atoms with Crippen molar-refractivity contribution in [2.24, 2.45) is 0 Å². The molecule has 1 aliphatic rings. The van der Waals surface area contributed by atoms with E-state index in [1.54, 1.807) is 12.1 Å². The first kappa shape index (κ1) is 16.2. The largest absolute Gasteiger partial charge is 0.325 e. The molecule has 0 spiro atoms. The number of benzene rings is 2. The predicted molar refractivity (Wildman–Crippen MR) is 97.6 cm³/mol. The molecular weight excluding hydrogens is 354 g/mol. The lowest BCUT2D eigenvalue weighted by molar-refractivity contribution is -0.116. The molecule has 0 saturated heterocycles. The fourth-order valence-electron chi connectivity index (χ4n) is 2.95. The standard InChI is InChI=1S/C18H13N3O4S/c1-20-16(23)11-7-6-10(8-12(11)17(20)24)19-15(22)9-21-13-4-2-3-5-14(13)26-18(21)25/h2-8H,9H2,1H3,(H,19,22). The normalized spacial score (nSPS) is 13.3. The molecule has 2 aromatic carbocycles. The molecule has 3 amide bonds. The zero-order valence-electron chi connectivity index (χ0n) is 13.7. The Morgan fingerprint density at radius 3 is 2.58 bits per heavy atom. The number of anilines is 1. The van der Waals surface area contributed by atoms with Crippen molar-refractivity contribution in [1.82, 2.24) is 9.47 Å². The van der Waals surface area contributed by atoms with E-state index in [-0.39, 0.29) is 28.8 Å². The topological polar surface area (TPSA) is 88.5 Å². The van der Waals surface area contributed by atoms with Gasteiger partial charge in [0, 0.05) is 12.7 Å². The first-order valence-corrected chi connectivity index (χ1v) is 8.62. The second kappa shape index (κ2) is 5.92. The van der Waals surface area contributed by atoms with Crippen LogP contribution in [0.2, 0.25) is 0 Å². The van der Waals surface area contributed by atoms with Crippen LogP contribution in [0.1, 0.15) is 20.7 Å². The van der Waals surface area contributed by atoms with E-state index in [0.717, 1.165) is 20.9 Å². The van der Waals surface area contributed by atoms with Crippen LogP contribution in [0.15, 0.2) is 47.3 Å². The maximum absolute atomic E-state index is 12.4. The Morgan fingerprint density at radius 1 is 1.04 bits per heavy atom. The van der Waals surface area contributed by atoms with Crippen LogP contribution in [0.5, 0.6) is 0 Å². The van der Waals surface area contributed by atoms with Gasteiger partial charge in [-0.3, -0.25) is 28.6 Å². The van der Waals surface area contributed by atoms with Gasteiger partial charge in [0.2, 0.25) is 5.91 Å². The number of rotatable bonds is 3. The summed E-state index contributed by atoms with van der Waals surface area (Å²) in [6.45, 7) is -0.132. The summed E-state index contributed by atoms with van der Waals surface area (Å²) >= 11 is 1.08. The highest BCUT2D eigenvalue weighted by Crippen LogP contribution is 2.25. The molecule has 1 aliphatic heterocycles. The summed E-state index contributed by atoms with van der Waals surface area (Å²) in [5.74, 6) is -1.15. The predicted octanol–water partition coefficient (Wildman–Crippen LogP) is 1.93. The van der Waals surface area contributed by atoms with Gasteiger partial charge in [0.05, 0.1) is 21.3 Å². The highest BCUT2D eigenvalue weighted by atomic mass is 32.1. The summed E-state index contributed by atoms with van der Waals surface area (Å²) in [4.78, 5) is 49.2. The van der Waals surface area contributed by atoms with E-state index in [1.165, 1.54) is 23.7 Å². The Kier molecular flexibility index (Phi) is 3.69. The van der Waals surface area contributed by atoms with E-state index in [1.807, 2.05) is 18.2 Å². The fourth-order valence-corrected chi connectivity index (χ4v) is 3.84. The molecule has 0 unspecified atom stereocenters. The third kappa shape index (κ3) is 2.51. The summed E-state index contributed by atoms with van der Waals surface area (Å²) in [6, 6.07) is 11.8. The molecule has 1 N–H and O–H groups in total. The monoisotopic (exact) mass is 367 g/mol. The van der Waals surface area contributed by atoms with Crippen LogP contribution in [0, 0.1) is 0 Å². The average Bonchev–Trinajstić information content (AvgIpc) is 3.05. The van der Waals surface area contributed by atoms with Crippen LogP contribution in [0.25, 0.3) is 10.2 Å². The molecule has 0 bridgehead atoms. The zero-order valence-corrected chi connectivity index (χ0v) is 14.5. The Morgan fingerprint density at radius 2 is 1.77 bits per heavy atom. The number of carbonyl (C=O) groups excluding carboxylic acids is 3. The number of amides is 3. The van der Waals surface area contributed by atoms with Gasteiger partial charge in [0.1, 0.15) is 6.54 Å². The molecule has 4 rings (SSSR count). The molecule has 0 aliphatic carbocycles. The van der Waals surface area contributed by atoms with Gasteiger partial charge in [0.15, 0.2) is 0 Å². The lowest BCUT2D eigenvalue weighted by Gasteiger charge is -2.07. The van der Waals surface area contributed by atoms with E-state index in [4.69, 9.17) is 0 Å². The van der Waals surface area contributed by atoms with Crippen LogP contribution in [0.4, 0.5) is 5.69 Å². The molecule has 0 radical (unpaired) electrons. The van der Waals surface area contributed by atoms with E-state index in [2.05, 4.69) is 5.32 Å². The van der Waals surface area contributed by atoms with Crippen LogP contribution in [0.3, 0.4) is 0 Å². The van der Waals surface area contributed by atoms with Gasteiger partial charge >= 0.3 is 4.87 Å². The Bertz CT molecular complexity index is 1140. The minimum absolute atomic E-state index is 0.132. The maximum atomic E-state index is 12.4. The third-order valence-corrected chi connectivity index (χ3v) is 5.21. The minimum Gasteiger partial charge on any atom is -0.325 e. The number of hydrogen-bond donors (Lipinski definition) is 1. The van der Waals surface area contributed by atoms with Crippen LogP contribution in [-0.2, 0) is 11.3 Å². The zero-order chi connectivity index (χ0) is 18.4. The quantitative estimate of drug-likeness (QED) is 0.717.